The van der Waals surface area contributed by atoms with Crippen molar-refractivity contribution in [2.45, 2.75) is 52.1 Å². The fourth-order valence-electron chi connectivity index (χ4n) is 2.88. The molecule has 0 unspecified atom stereocenters. The quantitative estimate of drug-likeness (QED) is 0.829. The van der Waals surface area contributed by atoms with E-state index in [1.54, 1.807) is 16.9 Å². The molecule has 2 heterocycles. The van der Waals surface area contributed by atoms with Gasteiger partial charge in [-0.05, 0) is 25.7 Å². The van der Waals surface area contributed by atoms with Crippen LogP contribution in [0.15, 0.2) is 12.3 Å². The van der Waals surface area contributed by atoms with Crippen LogP contribution in [0.2, 0.25) is 0 Å². The summed E-state index contributed by atoms with van der Waals surface area (Å²) >= 11 is 0. The third-order valence-electron chi connectivity index (χ3n) is 4.30. The highest BCUT2D eigenvalue weighted by atomic mass is 32.2. The van der Waals surface area contributed by atoms with Crippen molar-refractivity contribution in [3.63, 3.8) is 0 Å². The number of amides is 2. The molecule has 7 nitrogen and oxygen atoms in total. The Morgan fingerprint density at radius 3 is 2.83 bits per heavy atom. The molecule has 2 N–H and O–H groups in total. The lowest BCUT2D eigenvalue weighted by Crippen LogP contribution is -2.37. The second-order valence-electron chi connectivity index (χ2n) is 6.47. The van der Waals surface area contributed by atoms with Crippen LogP contribution in [0.5, 0.6) is 0 Å². The predicted octanol–water partition coefficient (Wildman–Crippen LogP) is 2.19. The van der Waals surface area contributed by atoms with Gasteiger partial charge in [-0.25, -0.2) is 17.9 Å². The summed E-state index contributed by atoms with van der Waals surface area (Å²) in [4.78, 5) is 12.1. The molecule has 0 bridgehead atoms. The summed E-state index contributed by atoms with van der Waals surface area (Å²) in [6.45, 7) is 6.27. The number of urea groups is 1. The van der Waals surface area contributed by atoms with Crippen LogP contribution in [0, 0.1) is 5.92 Å². The van der Waals surface area contributed by atoms with Crippen LogP contribution >= 0.6 is 0 Å². The standard InChI is InChI=1S/C15H26N4O3S/c1-4-11(2)9-12(3)17-15(20)18-14-5-7-16-19(14)13-6-8-23(21,22)10-13/h5,7,11-13H,4,6,8-10H2,1-3H3,(H2,17,18,20)/t11-,12+,13+/m0/s1. The molecule has 0 spiro atoms. The number of carbonyl (C=O) groups is 1. The summed E-state index contributed by atoms with van der Waals surface area (Å²) < 4.78 is 24.8. The molecular weight excluding hydrogens is 316 g/mol. The first-order chi connectivity index (χ1) is 10.8. The second kappa shape index (κ2) is 7.33. The summed E-state index contributed by atoms with van der Waals surface area (Å²) in [6, 6.07) is 1.27. The van der Waals surface area contributed by atoms with E-state index >= 15 is 0 Å². The lowest BCUT2D eigenvalue weighted by Gasteiger charge is -2.19. The van der Waals surface area contributed by atoms with Crippen LogP contribution in [0.4, 0.5) is 10.6 Å². The average molecular weight is 342 g/mol. The first kappa shape index (κ1) is 17.8. The summed E-state index contributed by atoms with van der Waals surface area (Å²) in [7, 11) is -2.99. The first-order valence-corrected chi connectivity index (χ1v) is 9.94. The number of anilines is 1. The van der Waals surface area contributed by atoms with Gasteiger partial charge in [0, 0.05) is 12.1 Å². The zero-order valence-corrected chi connectivity index (χ0v) is 14.8. The normalized spacial score (nSPS) is 22.5. The van der Waals surface area contributed by atoms with Crippen molar-refractivity contribution < 1.29 is 13.2 Å². The summed E-state index contributed by atoms with van der Waals surface area (Å²) in [5.74, 6) is 1.34. The maximum absolute atomic E-state index is 12.1. The molecule has 1 saturated heterocycles. The van der Waals surface area contributed by atoms with Gasteiger partial charge in [-0.3, -0.25) is 5.32 Å². The fourth-order valence-corrected chi connectivity index (χ4v) is 4.57. The number of aromatic nitrogens is 2. The Balaban J connectivity index is 1.94. The van der Waals surface area contributed by atoms with E-state index < -0.39 is 9.84 Å². The maximum Gasteiger partial charge on any atom is 0.320 e. The molecule has 23 heavy (non-hydrogen) atoms. The lowest BCUT2D eigenvalue weighted by molar-refractivity contribution is 0.247. The molecule has 1 aliphatic heterocycles. The van der Waals surface area contributed by atoms with Crippen LogP contribution in [0.3, 0.4) is 0 Å². The van der Waals surface area contributed by atoms with E-state index in [0.717, 1.165) is 12.8 Å². The summed E-state index contributed by atoms with van der Waals surface area (Å²) in [5.41, 5.74) is 0. The van der Waals surface area contributed by atoms with Gasteiger partial charge in [-0.1, -0.05) is 20.3 Å². The maximum atomic E-state index is 12.1. The van der Waals surface area contributed by atoms with E-state index in [0.29, 0.717) is 18.2 Å². The molecule has 1 aromatic rings. The first-order valence-electron chi connectivity index (χ1n) is 8.12. The minimum atomic E-state index is -2.99. The van der Waals surface area contributed by atoms with E-state index in [1.807, 2.05) is 6.92 Å². The van der Waals surface area contributed by atoms with Gasteiger partial charge in [0.2, 0.25) is 0 Å². The molecule has 8 heteroatoms. The van der Waals surface area contributed by atoms with E-state index in [4.69, 9.17) is 0 Å². The smallest absolute Gasteiger partial charge is 0.320 e. The monoisotopic (exact) mass is 342 g/mol. The van der Waals surface area contributed by atoms with Gasteiger partial charge in [0.05, 0.1) is 23.7 Å². The van der Waals surface area contributed by atoms with Crippen molar-refractivity contribution in [3.05, 3.63) is 12.3 Å². The van der Waals surface area contributed by atoms with Crippen molar-refractivity contribution in [3.8, 4) is 0 Å². The van der Waals surface area contributed by atoms with E-state index in [1.165, 1.54) is 0 Å². The Hall–Kier alpha value is -1.57. The van der Waals surface area contributed by atoms with Gasteiger partial charge in [-0.2, -0.15) is 5.10 Å². The number of nitrogens with one attached hydrogen (secondary N) is 2. The van der Waals surface area contributed by atoms with Gasteiger partial charge >= 0.3 is 6.03 Å². The van der Waals surface area contributed by atoms with Crippen LogP contribution < -0.4 is 10.6 Å². The van der Waals surface area contributed by atoms with Crippen molar-refractivity contribution in [1.82, 2.24) is 15.1 Å². The van der Waals surface area contributed by atoms with Crippen molar-refractivity contribution in [2.24, 2.45) is 5.92 Å². The molecule has 0 saturated carbocycles. The van der Waals surface area contributed by atoms with Gasteiger partial charge < -0.3 is 5.32 Å². The minimum Gasteiger partial charge on any atom is -0.335 e. The zero-order chi connectivity index (χ0) is 17.0. The molecule has 0 radical (unpaired) electrons. The topological polar surface area (TPSA) is 93.1 Å². The lowest BCUT2D eigenvalue weighted by atomic mass is 10.0. The molecule has 3 atom stereocenters. The third kappa shape index (κ3) is 4.95. The highest BCUT2D eigenvalue weighted by molar-refractivity contribution is 7.91. The third-order valence-corrected chi connectivity index (χ3v) is 6.05. The summed E-state index contributed by atoms with van der Waals surface area (Å²) in [6.07, 6.45) is 4.11. The number of sulfone groups is 1. The van der Waals surface area contributed by atoms with Crippen molar-refractivity contribution in [2.75, 3.05) is 16.8 Å². The minimum absolute atomic E-state index is 0.0770. The summed E-state index contributed by atoms with van der Waals surface area (Å²) in [5, 5.41) is 9.85. The van der Waals surface area contributed by atoms with E-state index in [9.17, 15) is 13.2 Å². The average Bonchev–Trinajstić information content (AvgIpc) is 3.04. The van der Waals surface area contributed by atoms with Gasteiger partial charge in [0.15, 0.2) is 9.84 Å². The highest BCUT2D eigenvalue weighted by Crippen LogP contribution is 2.26. The largest absolute Gasteiger partial charge is 0.335 e. The van der Waals surface area contributed by atoms with Crippen LogP contribution in [0.1, 0.15) is 46.1 Å². The number of hydrogen-bond acceptors (Lipinski definition) is 4. The van der Waals surface area contributed by atoms with Crippen LogP contribution in [-0.4, -0.2) is 41.8 Å². The molecular formula is C15H26N4O3S. The van der Waals surface area contributed by atoms with E-state index in [2.05, 4.69) is 29.6 Å². The van der Waals surface area contributed by atoms with Crippen molar-refractivity contribution >= 4 is 21.7 Å². The SMILES string of the molecule is CC[C@H](C)C[C@@H](C)NC(=O)Nc1ccnn1[C@@H]1CCS(=O)(=O)C1. The second-order valence-corrected chi connectivity index (χ2v) is 8.70. The Kier molecular flexibility index (Phi) is 5.67. The number of rotatable bonds is 6. The molecule has 1 aliphatic rings. The molecule has 1 fully saturated rings. The predicted molar refractivity (Wildman–Crippen MR) is 90.2 cm³/mol. The fraction of sp³-hybridized carbons (Fsp3) is 0.733. The molecule has 0 aromatic carbocycles. The van der Waals surface area contributed by atoms with Crippen molar-refractivity contribution in [1.29, 1.82) is 0 Å². The molecule has 2 amide bonds. The van der Waals surface area contributed by atoms with Gasteiger partial charge in [0.1, 0.15) is 5.82 Å². The molecule has 0 aliphatic carbocycles. The van der Waals surface area contributed by atoms with Gasteiger partial charge in [-0.15, -0.1) is 0 Å². The molecule has 130 valence electrons. The Morgan fingerprint density at radius 1 is 1.48 bits per heavy atom. The van der Waals surface area contributed by atoms with Crippen LogP contribution in [-0.2, 0) is 9.84 Å². The highest BCUT2D eigenvalue weighted by Gasteiger charge is 2.31. The zero-order valence-electron chi connectivity index (χ0n) is 13.9. The Labute approximate surface area is 137 Å². The molecule has 1 aromatic heterocycles. The van der Waals surface area contributed by atoms with Crippen LogP contribution in [0.25, 0.3) is 0 Å². The number of nitrogens with zero attached hydrogens (tertiary/aromatic N) is 2. The van der Waals surface area contributed by atoms with Gasteiger partial charge in [0.25, 0.3) is 0 Å². The number of hydrogen-bond donors (Lipinski definition) is 2. The number of carbonyl (C=O) groups excluding carboxylic acids is 1. The van der Waals surface area contributed by atoms with E-state index in [-0.39, 0.29) is 29.6 Å². The molecule has 2 rings (SSSR count). The Morgan fingerprint density at radius 2 is 2.22 bits per heavy atom. The Bertz CT molecular complexity index is 641.